The molecule has 2 aromatic carbocycles. The molecule has 1 unspecified atom stereocenters. The zero-order valence-corrected chi connectivity index (χ0v) is 23.4. The highest BCUT2D eigenvalue weighted by Crippen LogP contribution is 2.43. The van der Waals surface area contributed by atoms with E-state index < -0.39 is 24.3 Å². The molecule has 2 fully saturated rings. The van der Waals surface area contributed by atoms with Gasteiger partial charge in [-0.1, -0.05) is 35.9 Å². The number of hydrogen-bond donors (Lipinski definition) is 3. The van der Waals surface area contributed by atoms with Gasteiger partial charge in [-0.25, -0.2) is 0 Å². The van der Waals surface area contributed by atoms with Crippen molar-refractivity contribution in [2.75, 3.05) is 30.3 Å². The van der Waals surface area contributed by atoms with Gasteiger partial charge in [0.1, 0.15) is 11.9 Å². The van der Waals surface area contributed by atoms with Gasteiger partial charge in [-0.05, 0) is 72.9 Å². The molecule has 0 amide bonds. The maximum atomic E-state index is 14.6. The summed E-state index contributed by atoms with van der Waals surface area (Å²) in [6.45, 7) is 5.51. The lowest BCUT2D eigenvalue weighted by molar-refractivity contribution is -0.198. The van der Waals surface area contributed by atoms with Crippen LogP contribution in [0.5, 0.6) is 5.88 Å². The molecule has 0 aliphatic carbocycles. The van der Waals surface area contributed by atoms with Gasteiger partial charge in [-0.15, -0.1) is 0 Å². The van der Waals surface area contributed by atoms with Crippen LogP contribution in [0, 0.1) is 19.3 Å². The van der Waals surface area contributed by atoms with Gasteiger partial charge in [0.05, 0.1) is 0 Å². The van der Waals surface area contributed by atoms with E-state index in [0.29, 0.717) is 60.9 Å². The lowest BCUT2D eigenvalue weighted by Gasteiger charge is -2.39. The van der Waals surface area contributed by atoms with Crippen LogP contribution in [0.25, 0.3) is 11.1 Å². The van der Waals surface area contributed by atoms with Gasteiger partial charge in [0.15, 0.2) is 0 Å². The van der Waals surface area contributed by atoms with Crippen LogP contribution >= 0.6 is 11.6 Å². The van der Waals surface area contributed by atoms with Gasteiger partial charge >= 0.3 is 12.1 Å². The SMILES string of the molecule is Cc1ccc(-c2cc(Cl)ccc2C(Oc2cc(N3CCC4(CC3)CN[C@H](C(=O)O)C4)nc(N)n2)C(F)(F)F)cc1C. The first kappa shape index (κ1) is 28.9. The monoisotopic (exact) mass is 589 g/mol. The third kappa shape index (κ3) is 6.20. The number of aryl methyl sites for hydroxylation is 2. The number of nitrogen functional groups attached to an aromatic ring is 1. The molecule has 2 aliphatic heterocycles. The number of hydrogen-bond acceptors (Lipinski definition) is 7. The molecule has 2 saturated heterocycles. The van der Waals surface area contributed by atoms with Crippen LogP contribution in [-0.4, -0.2) is 52.9 Å². The van der Waals surface area contributed by atoms with Crippen LogP contribution in [0.3, 0.4) is 0 Å². The lowest BCUT2D eigenvalue weighted by Crippen LogP contribution is -2.41. The Morgan fingerprint density at radius 2 is 1.88 bits per heavy atom. The summed E-state index contributed by atoms with van der Waals surface area (Å²) in [5, 5.41) is 12.7. The summed E-state index contributed by atoms with van der Waals surface area (Å²) in [6, 6.07) is 10.4. The van der Waals surface area contributed by atoms with Crippen molar-refractivity contribution in [3.05, 3.63) is 64.2 Å². The average molecular weight is 590 g/mol. The number of aromatic nitrogens is 2. The Hall–Kier alpha value is -3.57. The molecule has 0 radical (unpaired) electrons. The number of anilines is 2. The molecule has 1 aromatic heterocycles. The van der Waals surface area contributed by atoms with E-state index in [1.165, 1.54) is 24.3 Å². The molecule has 5 rings (SSSR count). The van der Waals surface area contributed by atoms with Crippen molar-refractivity contribution >= 4 is 29.3 Å². The van der Waals surface area contributed by atoms with E-state index in [9.17, 15) is 23.1 Å². The number of benzene rings is 2. The van der Waals surface area contributed by atoms with Crippen molar-refractivity contribution in [3.8, 4) is 17.0 Å². The van der Waals surface area contributed by atoms with Gasteiger partial charge in [0, 0.05) is 36.3 Å². The quantitative estimate of drug-likeness (QED) is 0.335. The second-order valence-corrected chi connectivity index (χ2v) is 11.4. The summed E-state index contributed by atoms with van der Waals surface area (Å²) in [5.74, 6) is -1.02. The number of alkyl halides is 3. The summed E-state index contributed by atoms with van der Waals surface area (Å²) in [6.07, 6.45) is -5.18. The van der Waals surface area contributed by atoms with E-state index in [4.69, 9.17) is 22.1 Å². The fourth-order valence-electron chi connectivity index (χ4n) is 5.68. The van der Waals surface area contributed by atoms with E-state index >= 15 is 0 Å². The van der Waals surface area contributed by atoms with Gasteiger partial charge in [-0.3, -0.25) is 4.79 Å². The highest BCUT2D eigenvalue weighted by Gasteiger charge is 2.46. The second-order valence-electron chi connectivity index (χ2n) is 11.0. The molecule has 0 saturated carbocycles. The number of halogens is 4. The van der Waals surface area contributed by atoms with Gasteiger partial charge in [-0.2, -0.15) is 23.1 Å². The van der Waals surface area contributed by atoms with Crippen molar-refractivity contribution in [2.45, 2.75) is 51.4 Å². The van der Waals surface area contributed by atoms with Crippen LogP contribution in [0.15, 0.2) is 42.5 Å². The highest BCUT2D eigenvalue weighted by atomic mass is 35.5. The average Bonchev–Trinajstić information content (AvgIpc) is 3.32. The predicted molar refractivity (Wildman–Crippen MR) is 150 cm³/mol. The number of aliphatic carboxylic acids is 1. The second kappa shape index (κ2) is 11.0. The number of carboxylic acids is 1. The Balaban J connectivity index is 1.42. The van der Waals surface area contributed by atoms with Crippen molar-refractivity contribution < 1.29 is 27.8 Å². The van der Waals surface area contributed by atoms with E-state index in [0.717, 1.165) is 11.1 Å². The molecule has 4 N–H and O–H groups in total. The maximum Gasteiger partial charge on any atom is 0.429 e. The molecule has 1 spiro atoms. The smallest absolute Gasteiger partial charge is 0.429 e. The molecular formula is C29H31ClF3N5O3. The van der Waals surface area contributed by atoms with Gasteiger partial charge < -0.3 is 25.8 Å². The van der Waals surface area contributed by atoms with Crippen LogP contribution < -0.4 is 20.7 Å². The normalized spacial score (nSPS) is 19.4. The minimum atomic E-state index is -4.78. The Kier molecular flexibility index (Phi) is 7.78. The standard InChI is InChI=1S/C29H31ClF3N5O3/c1-16-3-4-18(11-17(16)2)21-12-19(30)5-6-20(21)25(29(31,32)33)41-24-13-23(36-27(34)37-24)38-9-7-28(8-10-38)14-22(26(39)40)35-15-28/h3-6,11-13,22,25,35H,7-10,14-15H2,1-2H3,(H,39,40)(H2,34,36,37)/t22-,25?/m0/s1. The topological polar surface area (TPSA) is 114 Å². The molecule has 2 aliphatic rings. The van der Waals surface area contributed by atoms with E-state index in [1.807, 2.05) is 30.9 Å². The van der Waals surface area contributed by atoms with Crippen LogP contribution in [0.2, 0.25) is 5.02 Å². The van der Waals surface area contributed by atoms with Crippen molar-refractivity contribution in [1.82, 2.24) is 15.3 Å². The number of ether oxygens (including phenoxy) is 1. The largest absolute Gasteiger partial charge is 0.480 e. The molecule has 12 heteroatoms. The molecule has 3 aromatic rings. The molecule has 8 nitrogen and oxygen atoms in total. The van der Waals surface area contributed by atoms with Crippen LogP contribution in [-0.2, 0) is 4.79 Å². The highest BCUT2D eigenvalue weighted by molar-refractivity contribution is 6.30. The van der Waals surface area contributed by atoms with Crippen molar-refractivity contribution in [3.63, 3.8) is 0 Å². The fourth-order valence-corrected chi connectivity index (χ4v) is 5.85. The molecule has 3 heterocycles. The number of nitrogens with two attached hydrogens (primary N) is 1. The molecule has 41 heavy (non-hydrogen) atoms. The number of nitrogens with one attached hydrogen (secondary N) is 1. The minimum Gasteiger partial charge on any atom is -0.480 e. The first-order valence-corrected chi connectivity index (χ1v) is 13.7. The van der Waals surface area contributed by atoms with Gasteiger partial charge in [0.2, 0.25) is 17.9 Å². The number of rotatable bonds is 6. The molecule has 2 atom stereocenters. The summed E-state index contributed by atoms with van der Waals surface area (Å²) in [4.78, 5) is 21.5. The summed E-state index contributed by atoms with van der Waals surface area (Å²) < 4.78 is 49.2. The minimum absolute atomic E-state index is 0.106. The summed E-state index contributed by atoms with van der Waals surface area (Å²) >= 11 is 6.22. The predicted octanol–water partition coefficient (Wildman–Crippen LogP) is 5.71. The number of piperidine rings is 1. The van der Waals surface area contributed by atoms with Gasteiger partial charge in [0.25, 0.3) is 0 Å². The zero-order valence-electron chi connectivity index (χ0n) is 22.6. The van der Waals surface area contributed by atoms with Crippen LogP contribution in [0.1, 0.15) is 42.1 Å². The molecule has 218 valence electrons. The first-order valence-electron chi connectivity index (χ1n) is 13.3. The number of carbonyl (C=O) groups is 1. The summed E-state index contributed by atoms with van der Waals surface area (Å²) in [7, 11) is 0. The van der Waals surface area contributed by atoms with E-state index in [1.54, 1.807) is 6.07 Å². The lowest BCUT2D eigenvalue weighted by atomic mass is 9.76. The van der Waals surface area contributed by atoms with Crippen molar-refractivity contribution in [1.29, 1.82) is 0 Å². The third-order valence-electron chi connectivity index (χ3n) is 8.16. The zero-order chi connectivity index (χ0) is 29.5. The summed E-state index contributed by atoms with van der Waals surface area (Å²) in [5.41, 5.74) is 8.51. The molecular weight excluding hydrogens is 559 g/mol. The first-order chi connectivity index (χ1) is 19.3. The van der Waals surface area contributed by atoms with E-state index in [-0.39, 0.29) is 22.8 Å². The number of nitrogens with zero attached hydrogens (tertiary/aromatic N) is 3. The number of carboxylic acid groups (broad SMARTS) is 1. The van der Waals surface area contributed by atoms with E-state index in [2.05, 4.69) is 15.3 Å². The Morgan fingerprint density at radius 1 is 1.15 bits per heavy atom. The third-order valence-corrected chi connectivity index (χ3v) is 8.40. The van der Waals surface area contributed by atoms with Crippen LogP contribution in [0.4, 0.5) is 24.9 Å². The Morgan fingerprint density at radius 3 is 2.51 bits per heavy atom. The molecule has 0 bridgehead atoms. The van der Waals surface area contributed by atoms with Crippen molar-refractivity contribution in [2.24, 2.45) is 5.41 Å². The Bertz CT molecular complexity index is 1460. The Labute approximate surface area is 240 Å². The maximum absolute atomic E-state index is 14.6. The fraction of sp³-hybridized carbons (Fsp3) is 0.414.